The summed E-state index contributed by atoms with van der Waals surface area (Å²) in [5.41, 5.74) is 1.34. The Bertz CT molecular complexity index is 2100. The SMILES string of the molecule is C=C[C@@H]1C[C@]1(CC(=O)[C@@H]1C[C@@H](Oc2cc(-c3cccc(C(C)C)n3)nc3c(Cl)c(OC)ccc23)[C@H]2CC[C@H](C(C)C)C(=O)N21)C(=O)NS(=O)(=O)C1CC1. The first-order valence-corrected chi connectivity index (χ1v) is 20.5. The Kier molecular flexibility index (Phi) is 9.84. The van der Waals surface area contributed by atoms with Crippen molar-refractivity contribution in [2.45, 2.75) is 102 Å². The van der Waals surface area contributed by atoms with Gasteiger partial charge in [-0.25, -0.2) is 13.4 Å². The zero-order chi connectivity index (χ0) is 38.0. The summed E-state index contributed by atoms with van der Waals surface area (Å²) >= 11 is 6.85. The number of rotatable bonds is 13. The largest absolute Gasteiger partial charge is 0.495 e. The third-order valence-corrected chi connectivity index (χ3v) is 13.8. The molecule has 4 fully saturated rings. The van der Waals surface area contributed by atoms with Crippen molar-refractivity contribution in [3.05, 3.63) is 59.8 Å². The van der Waals surface area contributed by atoms with Gasteiger partial charge < -0.3 is 14.4 Å². The zero-order valence-corrected chi connectivity index (χ0v) is 32.4. The van der Waals surface area contributed by atoms with Crippen LogP contribution in [0.5, 0.6) is 11.5 Å². The molecule has 2 amide bonds. The number of Topliss-reactive ketones (excluding diaryl/α,β-unsaturated/α-hetero) is 1. The van der Waals surface area contributed by atoms with E-state index in [1.54, 1.807) is 17.0 Å². The van der Waals surface area contributed by atoms with Gasteiger partial charge in [-0.2, -0.15) is 0 Å². The van der Waals surface area contributed by atoms with E-state index in [1.807, 2.05) is 44.2 Å². The molecule has 2 aromatic heterocycles. The second kappa shape index (κ2) is 14.0. The highest BCUT2D eigenvalue weighted by Crippen LogP contribution is 2.57. The van der Waals surface area contributed by atoms with Gasteiger partial charge in [0.1, 0.15) is 22.6 Å². The lowest BCUT2D eigenvalue weighted by molar-refractivity contribution is -0.149. The van der Waals surface area contributed by atoms with E-state index in [0.29, 0.717) is 70.9 Å². The van der Waals surface area contributed by atoms with Crippen LogP contribution in [-0.2, 0) is 24.4 Å². The first kappa shape index (κ1) is 37.3. The molecule has 4 heterocycles. The lowest BCUT2D eigenvalue weighted by Gasteiger charge is -2.40. The Hall–Kier alpha value is -4.03. The quantitative estimate of drug-likeness (QED) is 0.190. The maximum Gasteiger partial charge on any atom is 0.240 e. The van der Waals surface area contributed by atoms with Crippen molar-refractivity contribution in [2.75, 3.05) is 7.11 Å². The predicted molar refractivity (Wildman–Crippen MR) is 202 cm³/mol. The fourth-order valence-electron chi connectivity index (χ4n) is 8.22. The van der Waals surface area contributed by atoms with Gasteiger partial charge in [-0.15, -0.1) is 6.58 Å². The van der Waals surface area contributed by atoms with E-state index in [4.69, 9.17) is 31.0 Å². The summed E-state index contributed by atoms with van der Waals surface area (Å²) in [6, 6.07) is 9.95. The van der Waals surface area contributed by atoms with Crippen molar-refractivity contribution in [2.24, 2.45) is 23.2 Å². The van der Waals surface area contributed by atoms with Crippen LogP contribution in [0.15, 0.2) is 49.1 Å². The number of carbonyl (C=O) groups excluding carboxylic acids is 3. The van der Waals surface area contributed by atoms with E-state index in [0.717, 1.165) is 5.69 Å². The number of benzene rings is 1. The van der Waals surface area contributed by atoms with Gasteiger partial charge in [-0.05, 0) is 74.1 Å². The molecule has 53 heavy (non-hydrogen) atoms. The minimum absolute atomic E-state index is 0.0652. The van der Waals surface area contributed by atoms with Crippen LogP contribution in [0.25, 0.3) is 22.3 Å². The highest BCUT2D eigenvalue weighted by atomic mass is 35.5. The molecule has 0 unspecified atom stereocenters. The Morgan fingerprint density at radius 1 is 1.08 bits per heavy atom. The van der Waals surface area contributed by atoms with E-state index in [1.165, 1.54) is 7.11 Å². The number of ether oxygens (including phenoxy) is 2. The molecule has 1 aromatic carbocycles. The van der Waals surface area contributed by atoms with E-state index < -0.39 is 44.8 Å². The highest BCUT2D eigenvalue weighted by molar-refractivity contribution is 7.90. The van der Waals surface area contributed by atoms with Crippen molar-refractivity contribution in [3.8, 4) is 22.9 Å². The molecule has 2 saturated carbocycles. The number of allylic oxidation sites excluding steroid dienone is 1. The third-order valence-electron chi connectivity index (χ3n) is 11.6. The summed E-state index contributed by atoms with van der Waals surface area (Å²) in [4.78, 5) is 53.7. The lowest BCUT2D eigenvalue weighted by atomic mass is 9.84. The van der Waals surface area contributed by atoms with Crippen molar-refractivity contribution in [1.82, 2.24) is 19.6 Å². The van der Waals surface area contributed by atoms with Crippen molar-refractivity contribution in [1.29, 1.82) is 0 Å². The number of piperidine rings is 1. The van der Waals surface area contributed by atoms with Gasteiger partial charge in [-0.1, -0.05) is 51.4 Å². The molecule has 6 atom stereocenters. The molecular formula is C40H47ClN4O7S. The number of nitrogens with zero attached hydrogens (tertiary/aromatic N) is 3. The van der Waals surface area contributed by atoms with Gasteiger partial charge in [-0.3, -0.25) is 24.1 Å². The van der Waals surface area contributed by atoms with E-state index in [9.17, 15) is 22.8 Å². The van der Waals surface area contributed by atoms with Crippen LogP contribution in [0.4, 0.5) is 0 Å². The minimum atomic E-state index is -3.82. The fourth-order valence-corrected chi connectivity index (χ4v) is 9.89. The van der Waals surface area contributed by atoms with Crippen LogP contribution in [0.1, 0.15) is 84.3 Å². The minimum Gasteiger partial charge on any atom is -0.495 e. The topological polar surface area (TPSA) is 145 Å². The first-order valence-electron chi connectivity index (χ1n) is 18.5. The van der Waals surface area contributed by atoms with E-state index in [-0.39, 0.29) is 48.2 Å². The van der Waals surface area contributed by atoms with Crippen LogP contribution in [0.2, 0.25) is 5.02 Å². The van der Waals surface area contributed by atoms with E-state index >= 15 is 0 Å². The number of hydrogen-bond donors (Lipinski definition) is 1. The Morgan fingerprint density at radius 3 is 2.47 bits per heavy atom. The van der Waals surface area contributed by atoms with Gasteiger partial charge >= 0.3 is 0 Å². The number of nitrogens with one attached hydrogen (secondary N) is 1. The van der Waals surface area contributed by atoms with Crippen LogP contribution in [0.3, 0.4) is 0 Å². The van der Waals surface area contributed by atoms with Crippen molar-refractivity contribution >= 4 is 50.1 Å². The van der Waals surface area contributed by atoms with E-state index in [2.05, 4.69) is 25.1 Å². The van der Waals surface area contributed by atoms with Crippen LogP contribution in [0, 0.1) is 23.2 Å². The van der Waals surface area contributed by atoms with Gasteiger partial charge in [0, 0.05) is 35.9 Å². The standard InChI is InChI=1S/C40H47ClN4O7S/c1-7-23-19-40(23,39(48)44-53(49,50)24-11-12-24)20-32(46)31-18-35(30-15-13-25(21(2)3)38(47)45(30)31)52-34-17-29(28-10-8-9-27(42-28)22(4)5)43-37-26(34)14-16-33(51-6)36(37)41/h7-10,14,16-17,21-25,30-31,35H,1,11-13,15,18-20H2,2-6H3,(H,44,48)/t23-,25-,30-,31+,35-,40-/m1/s1. The number of carbonyl (C=O) groups is 3. The molecule has 2 saturated heterocycles. The summed E-state index contributed by atoms with van der Waals surface area (Å²) < 4.78 is 40.2. The maximum absolute atomic E-state index is 14.4. The molecule has 0 bridgehead atoms. The maximum atomic E-state index is 14.4. The number of fused-ring (bicyclic) bond motifs is 2. The van der Waals surface area contributed by atoms with Crippen LogP contribution in [-0.4, -0.2) is 71.4 Å². The first-order chi connectivity index (χ1) is 25.2. The molecule has 11 nitrogen and oxygen atoms in total. The van der Waals surface area contributed by atoms with Gasteiger partial charge in [0.25, 0.3) is 0 Å². The molecule has 4 aliphatic rings. The number of pyridine rings is 2. The molecule has 0 radical (unpaired) electrons. The Morgan fingerprint density at radius 2 is 1.83 bits per heavy atom. The molecule has 2 aliphatic heterocycles. The second-order valence-electron chi connectivity index (χ2n) is 15.8. The Labute approximate surface area is 315 Å². The number of aromatic nitrogens is 2. The summed E-state index contributed by atoms with van der Waals surface area (Å²) in [5.74, 6) is -0.480. The number of ketones is 1. The number of halogens is 1. The summed E-state index contributed by atoms with van der Waals surface area (Å²) in [5, 5.41) is 0.379. The number of hydrogen-bond acceptors (Lipinski definition) is 9. The van der Waals surface area contributed by atoms with Crippen LogP contribution < -0.4 is 14.2 Å². The normalized spacial score (nSPS) is 26.8. The molecule has 3 aromatic rings. The monoisotopic (exact) mass is 762 g/mol. The lowest BCUT2D eigenvalue weighted by Crippen LogP contribution is -2.54. The Balaban J connectivity index is 1.24. The summed E-state index contributed by atoms with van der Waals surface area (Å²) in [6.07, 6.45) is 3.66. The molecular weight excluding hydrogens is 716 g/mol. The van der Waals surface area contributed by atoms with Crippen molar-refractivity contribution < 1.29 is 32.3 Å². The predicted octanol–water partition coefficient (Wildman–Crippen LogP) is 6.63. The number of amides is 2. The molecule has 1 N–H and O–H groups in total. The fraction of sp³-hybridized carbons (Fsp3) is 0.525. The highest BCUT2D eigenvalue weighted by Gasteiger charge is 2.62. The third kappa shape index (κ3) is 6.81. The second-order valence-corrected chi connectivity index (χ2v) is 18.1. The van der Waals surface area contributed by atoms with Gasteiger partial charge in [0.2, 0.25) is 21.8 Å². The van der Waals surface area contributed by atoms with Gasteiger partial charge in [0.05, 0.1) is 46.8 Å². The van der Waals surface area contributed by atoms with Gasteiger partial charge in [0.15, 0.2) is 5.78 Å². The number of methoxy groups -OCH3 is 1. The smallest absolute Gasteiger partial charge is 0.240 e. The molecule has 7 rings (SSSR count). The number of sulfonamides is 1. The average molecular weight is 763 g/mol. The molecule has 0 spiro atoms. The summed E-state index contributed by atoms with van der Waals surface area (Å²) in [6.45, 7) is 12.0. The molecule has 13 heteroatoms. The molecule has 2 aliphatic carbocycles. The van der Waals surface area contributed by atoms with Crippen molar-refractivity contribution in [3.63, 3.8) is 0 Å². The molecule has 282 valence electrons. The summed E-state index contributed by atoms with van der Waals surface area (Å²) in [7, 11) is -2.28. The van der Waals surface area contributed by atoms with Crippen LogP contribution >= 0.6 is 11.6 Å². The average Bonchev–Trinajstić information content (AvgIpc) is 4.06. The zero-order valence-electron chi connectivity index (χ0n) is 30.8.